The molecule has 0 aliphatic heterocycles. The number of benzene rings is 2. The highest BCUT2D eigenvalue weighted by Gasteiger charge is 2.32. The number of alkyl halides is 2. The topological polar surface area (TPSA) is 0 Å². The molecule has 0 heterocycles. The van der Waals surface area contributed by atoms with Crippen molar-refractivity contribution >= 4 is 39.1 Å². The Hall–Kier alpha value is -0.640. The van der Waals surface area contributed by atoms with E-state index in [2.05, 4.69) is 15.9 Å². The Bertz CT molecular complexity index is 610. The molecule has 0 aliphatic rings. The Balaban J connectivity index is 2.43. The van der Waals surface area contributed by atoms with Crippen molar-refractivity contribution in [1.82, 2.24) is 0 Å². The van der Waals surface area contributed by atoms with E-state index in [0.29, 0.717) is 0 Å². The average Bonchev–Trinajstić information content (AvgIpc) is 2.50. The van der Waals surface area contributed by atoms with Gasteiger partial charge in [0.2, 0.25) is 0 Å². The van der Waals surface area contributed by atoms with Crippen molar-refractivity contribution in [3.8, 4) is 0 Å². The number of hydrogen-bond donors (Lipinski definition) is 0. The van der Waals surface area contributed by atoms with Gasteiger partial charge in [0, 0.05) is 21.6 Å². The van der Waals surface area contributed by atoms with E-state index in [0.717, 1.165) is 16.1 Å². The van der Waals surface area contributed by atoms with Gasteiger partial charge < -0.3 is 0 Å². The van der Waals surface area contributed by atoms with Crippen molar-refractivity contribution in [1.29, 1.82) is 0 Å². The fraction of sp³-hybridized carbons (Fsp3) is 0.250. The molecule has 0 aliphatic carbocycles. The Labute approximate surface area is 141 Å². The summed E-state index contributed by atoms with van der Waals surface area (Å²) < 4.78 is 28.2. The highest BCUT2D eigenvalue weighted by Crippen LogP contribution is 2.33. The molecule has 112 valence electrons. The molecule has 0 aromatic heterocycles. The van der Waals surface area contributed by atoms with Gasteiger partial charge in [-0.15, -0.1) is 23.2 Å². The summed E-state index contributed by atoms with van der Waals surface area (Å²) >= 11 is 15.6. The van der Waals surface area contributed by atoms with Gasteiger partial charge in [-0.2, -0.15) is 0 Å². The third-order valence-corrected chi connectivity index (χ3v) is 5.08. The predicted octanol–water partition coefficient (Wildman–Crippen LogP) is 5.69. The second-order valence-corrected chi connectivity index (χ2v) is 6.39. The van der Waals surface area contributed by atoms with Gasteiger partial charge >= 0.3 is 0 Å². The third-order valence-electron chi connectivity index (χ3n) is 3.53. The van der Waals surface area contributed by atoms with E-state index in [1.54, 1.807) is 6.07 Å². The van der Waals surface area contributed by atoms with Crippen molar-refractivity contribution < 1.29 is 8.78 Å². The quantitative estimate of drug-likeness (QED) is 0.572. The van der Waals surface area contributed by atoms with Crippen LogP contribution in [0.5, 0.6) is 0 Å². The van der Waals surface area contributed by atoms with Crippen molar-refractivity contribution in [3.63, 3.8) is 0 Å². The average molecular weight is 394 g/mol. The minimum atomic E-state index is -0.860. The van der Waals surface area contributed by atoms with E-state index >= 15 is 0 Å². The van der Waals surface area contributed by atoms with Gasteiger partial charge in [-0.25, -0.2) is 8.78 Å². The third kappa shape index (κ3) is 3.58. The molecule has 21 heavy (non-hydrogen) atoms. The van der Waals surface area contributed by atoms with Gasteiger partial charge in [-0.3, -0.25) is 0 Å². The Morgan fingerprint density at radius 1 is 0.952 bits per heavy atom. The van der Waals surface area contributed by atoms with Crippen molar-refractivity contribution in [3.05, 3.63) is 69.7 Å². The second-order valence-electron chi connectivity index (χ2n) is 4.94. The predicted molar refractivity (Wildman–Crippen MR) is 87.3 cm³/mol. The standard InChI is InChI=1S/C16H13BrCl2F2/c17-13-6-4-12(5-7-13)16(9-18,10-19)8-11-2-1-3-14(20)15(11)21/h1-7H,8-10H2. The van der Waals surface area contributed by atoms with Gasteiger partial charge in [-0.05, 0) is 35.7 Å². The zero-order valence-electron chi connectivity index (χ0n) is 11.1. The zero-order valence-corrected chi connectivity index (χ0v) is 14.2. The first-order valence-corrected chi connectivity index (χ1v) is 8.19. The molecule has 0 amide bonds. The van der Waals surface area contributed by atoms with E-state index in [-0.39, 0.29) is 23.7 Å². The maximum atomic E-state index is 13.9. The van der Waals surface area contributed by atoms with Crippen LogP contribution in [-0.2, 0) is 11.8 Å². The molecule has 0 nitrogen and oxygen atoms in total. The van der Waals surface area contributed by atoms with Gasteiger partial charge in [0.1, 0.15) is 0 Å². The number of halogens is 5. The molecule has 0 saturated carbocycles. The normalized spacial score (nSPS) is 11.7. The van der Waals surface area contributed by atoms with Crippen molar-refractivity contribution in [2.75, 3.05) is 11.8 Å². The molecule has 0 spiro atoms. The summed E-state index contributed by atoms with van der Waals surface area (Å²) in [6, 6.07) is 11.7. The Morgan fingerprint density at radius 3 is 2.14 bits per heavy atom. The van der Waals surface area contributed by atoms with E-state index < -0.39 is 17.0 Å². The van der Waals surface area contributed by atoms with Crippen LogP contribution in [0.3, 0.4) is 0 Å². The van der Waals surface area contributed by atoms with Crippen LogP contribution in [0.15, 0.2) is 46.9 Å². The Morgan fingerprint density at radius 2 is 1.57 bits per heavy atom. The fourth-order valence-electron chi connectivity index (χ4n) is 2.24. The van der Waals surface area contributed by atoms with E-state index in [1.807, 2.05) is 24.3 Å². The number of rotatable bonds is 5. The van der Waals surface area contributed by atoms with E-state index in [4.69, 9.17) is 23.2 Å². The summed E-state index contributed by atoms with van der Waals surface area (Å²) in [5.74, 6) is -1.27. The highest BCUT2D eigenvalue weighted by molar-refractivity contribution is 9.10. The van der Waals surface area contributed by atoms with Gasteiger partial charge in [0.05, 0.1) is 0 Å². The van der Waals surface area contributed by atoms with Crippen LogP contribution in [0.2, 0.25) is 0 Å². The lowest BCUT2D eigenvalue weighted by Crippen LogP contribution is -2.33. The molecule has 0 unspecified atom stereocenters. The van der Waals surface area contributed by atoms with Crippen LogP contribution in [0.4, 0.5) is 8.78 Å². The molecule has 0 bridgehead atoms. The summed E-state index contributed by atoms with van der Waals surface area (Å²) in [6.07, 6.45) is 0.241. The molecule has 0 fully saturated rings. The smallest absolute Gasteiger partial charge is 0.162 e. The molecule has 5 heteroatoms. The van der Waals surface area contributed by atoms with E-state index in [9.17, 15) is 8.78 Å². The lowest BCUT2D eigenvalue weighted by Gasteiger charge is -2.30. The molecule has 2 rings (SSSR count). The minimum Gasteiger partial charge on any atom is -0.204 e. The molecule has 0 saturated heterocycles. The number of hydrogen-bond acceptors (Lipinski definition) is 0. The zero-order chi connectivity index (χ0) is 15.5. The first-order chi connectivity index (χ1) is 10.0. The SMILES string of the molecule is Fc1cccc(CC(CCl)(CCl)c2ccc(Br)cc2)c1F. The highest BCUT2D eigenvalue weighted by atomic mass is 79.9. The maximum absolute atomic E-state index is 13.9. The van der Waals surface area contributed by atoms with Crippen LogP contribution < -0.4 is 0 Å². The minimum absolute atomic E-state index is 0.216. The lowest BCUT2D eigenvalue weighted by atomic mass is 9.78. The molecule has 0 atom stereocenters. The summed E-state index contributed by atoms with van der Waals surface area (Å²) in [7, 11) is 0. The molecular formula is C16H13BrCl2F2. The van der Waals surface area contributed by atoms with Gasteiger partial charge in [0.15, 0.2) is 11.6 Å². The largest absolute Gasteiger partial charge is 0.204 e. The van der Waals surface area contributed by atoms with Crippen molar-refractivity contribution in [2.45, 2.75) is 11.8 Å². The summed E-state index contributed by atoms with van der Waals surface area (Å²) in [4.78, 5) is 0. The summed E-state index contributed by atoms with van der Waals surface area (Å²) in [5.41, 5.74) is 0.539. The maximum Gasteiger partial charge on any atom is 0.162 e. The second kappa shape index (κ2) is 7.08. The lowest BCUT2D eigenvalue weighted by molar-refractivity contribution is 0.472. The molecule has 2 aromatic carbocycles. The van der Waals surface area contributed by atoms with Crippen LogP contribution in [0, 0.1) is 11.6 Å². The van der Waals surface area contributed by atoms with Crippen LogP contribution in [0.25, 0.3) is 0 Å². The Kier molecular flexibility index (Phi) is 5.64. The molecule has 2 aromatic rings. The van der Waals surface area contributed by atoms with Gasteiger partial charge in [0.25, 0.3) is 0 Å². The van der Waals surface area contributed by atoms with E-state index in [1.165, 1.54) is 6.07 Å². The molecular weight excluding hydrogens is 381 g/mol. The van der Waals surface area contributed by atoms with Crippen LogP contribution >= 0.6 is 39.1 Å². The van der Waals surface area contributed by atoms with Gasteiger partial charge in [-0.1, -0.05) is 40.2 Å². The fourth-order valence-corrected chi connectivity index (χ4v) is 3.29. The van der Waals surface area contributed by atoms with Crippen LogP contribution in [0.1, 0.15) is 11.1 Å². The molecule has 0 radical (unpaired) electrons. The van der Waals surface area contributed by atoms with Crippen molar-refractivity contribution in [2.24, 2.45) is 0 Å². The summed E-state index contributed by atoms with van der Waals surface area (Å²) in [5, 5.41) is 0. The summed E-state index contributed by atoms with van der Waals surface area (Å²) in [6.45, 7) is 0. The first kappa shape index (κ1) is 16.7. The van der Waals surface area contributed by atoms with Crippen LogP contribution in [-0.4, -0.2) is 11.8 Å². The molecule has 0 N–H and O–H groups in total. The monoisotopic (exact) mass is 392 g/mol. The first-order valence-electron chi connectivity index (χ1n) is 6.33.